The number of carbonyl (C=O) groups is 5. The van der Waals surface area contributed by atoms with Crippen molar-refractivity contribution < 1.29 is 43.7 Å². The summed E-state index contributed by atoms with van der Waals surface area (Å²) in [5.74, 6) is -2.48. The number of aromatic nitrogens is 2. The Kier molecular flexibility index (Phi) is 11.1. The summed E-state index contributed by atoms with van der Waals surface area (Å²) in [5.41, 5.74) is 0.464. The van der Waals surface area contributed by atoms with Gasteiger partial charge in [-0.15, -0.1) is 0 Å². The van der Waals surface area contributed by atoms with E-state index >= 15 is 0 Å². The first-order chi connectivity index (χ1) is 21.2. The lowest BCUT2D eigenvalue weighted by atomic mass is 10.1. The number of piperazine rings is 1. The van der Waals surface area contributed by atoms with E-state index in [4.69, 9.17) is 9.47 Å². The molecule has 44 heavy (non-hydrogen) atoms. The number of carboxylic acids is 1. The number of amides is 4. The average Bonchev–Trinajstić information content (AvgIpc) is 3.47. The summed E-state index contributed by atoms with van der Waals surface area (Å²) >= 11 is 0. The molecule has 0 saturated carbocycles. The van der Waals surface area contributed by atoms with E-state index in [1.165, 1.54) is 20.5 Å². The number of carbonyl (C=O) groups excluding carboxylic acids is 4. The zero-order valence-electron chi connectivity index (χ0n) is 24.6. The second kappa shape index (κ2) is 15.2. The smallest absolute Gasteiger partial charge is 0.409 e. The average molecular weight is 615 g/mol. The number of aliphatic hydroxyl groups is 1. The van der Waals surface area contributed by atoms with E-state index in [-0.39, 0.29) is 69.7 Å². The first-order valence-electron chi connectivity index (χ1n) is 14.6. The largest absolute Gasteiger partial charge is 0.481 e. The number of para-hydroxylation sites is 1. The van der Waals surface area contributed by atoms with Gasteiger partial charge >= 0.3 is 12.1 Å². The molecule has 2 aliphatic heterocycles. The van der Waals surface area contributed by atoms with Crippen LogP contribution >= 0.6 is 0 Å². The Bertz CT molecular complexity index is 1320. The van der Waals surface area contributed by atoms with Crippen LogP contribution in [0.2, 0.25) is 0 Å². The van der Waals surface area contributed by atoms with Gasteiger partial charge in [0.2, 0.25) is 11.8 Å². The number of piperidine rings is 1. The molecular formula is C29H38N6O9. The van der Waals surface area contributed by atoms with Gasteiger partial charge in [-0.2, -0.15) is 5.10 Å². The number of benzene rings is 1. The summed E-state index contributed by atoms with van der Waals surface area (Å²) in [6.07, 6.45) is -0.441. The quantitative estimate of drug-likeness (QED) is 0.322. The molecule has 15 heteroatoms. The van der Waals surface area contributed by atoms with Crippen LogP contribution in [0.5, 0.6) is 5.88 Å². The number of carboxylic acid groups (broad SMARTS) is 1. The lowest BCUT2D eigenvalue weighted by Crippen LogP contribution is -2.56. The van der Waals surface area contributed by atoms with Crippen LogP contribution in [0.4, 0.5) is 4.79 Å². The summed E-state index contributed by atoms with van der Waals surface area (Å²) in [7, 11) is 0. The van der Waals surface area contributed by atoms with Gasteiger partial charge in [0.1, 0.15) is 6.04 Å². The van der Waals surface area contributed by atoms with Crippen LogP contribution in [-0.2, 0) is 19.1 Å². The maximum absolute atomic E-state index is 13.4. The van der Waals surface area contributed by atoms with E-state index in [2.05, 4.69) is 10.4 Å². The summed E-state index contributed by atoms with van der Waals surface area (Å²) in [4.78, 5) is 67.4. The van der Waals surface area contributed by atoms with Crippen molar-refractivity contribution in [2.45, 2.75) is 44.8 Å². The first-order valence-corrected chi connectivity index (χ1v) is 14.6. The molecule has 2 fully saturated rings. The zero-order valence-corrected chi connectivity index (χ0v) is 24.6. The van der Waals surface area contributed by atoms with Crippen LogP contribution in [0.15, 0.2) is 36.4 Å². The minimum absolute atomic E-state index is 0.0994. The predicted octanol–water partition coefficient (Wildman–Crippen LogP) is 0.498. The number of nitrogens with one attached hydrogen (secondary N) is 1. The molecule has 1 unspecified atom stereocenters. The molecule has 1 atom stereocenters. The Balaban J connectivity index is 1.47. The van der Waals surface area contributed by atoms with Gasteiger partial charge in [-0.1, -0.05) is 18.2 Å². The third-order valence-corrected chi connectivity index (χ3v) is 7.44. The van der Waals surface area contributed by atoms with Crippen molar-refractivity contribution in [3.63, 3.8) is 0 Å². The van der Waals surface area contributed by atoms with Crippen LogP contribution in [0.3, 0.4) is 0 Å². The van der Waals surface area contributed by atoms with Crippen LogP contribution in [-0.4, -0.2) is 129 Å². The molecule has 3 heterocycles. The third kappa shape index (κ3) is 8.46. The molecule has 2 saturated heterocycles. The monoisotopic (exact) mass is 614 g/mol. The Labute approximate surface area is 254 Å². The van der Waals surface area contributed by atoms with E-state index in [1.807, 2.05) is 0 Å². The number of hydrogen-bond acceptors (Lipinski definition) is 9. The molecule has 0 spiro atoms. The van der Waals surface area contributed by atoms with Crippen molar-refractivity contribution in [2.75, 3.05) is 52.5 Å². The Morgan fingerprint density at radius 2 is 1.64 bits per heavy atom. The molecular weight excluding hydrogens is 576 g/mol. The zero-order chi connectivity index (χ0) is 31.6. The number of aliphatic carboxylic acids is 1. The normalized spacial score (nSPS) is 16.3. The SMILES string of the molecule is CCOC(=O)N1CCN(C(=O)C(CCC(=O)O)NC(=O)c2cc(OCC(=O)N3CCC(O)CC3)n(-c3ccccc3)n2)CC1. The third-order valence-electron chi connectivity index (χ3n) is 7.44. The number of aliphatic hydroxyl groups excluding tert-OH is 1. The van der Waals surface area contributed by atoms with Gasteiger partial charge in [0.15, 0.2) is 12.3 Å². The molecule has 0 bridgehead atoms. The van der Waals surface area contributed by atoms with Crippen molar-refractivity contribution in [3.05, 3.63) is 42.1 Å². The van der Waals surface area contributed by atoms with E-state index in [0.29, 0.717) is 31.6 Å². The highest BCUT2D eigenvalue weighted by Gasteiger charge is 2.32. The van der Waals surface area contributed by atoms with Crippen LogP contribution < -0.4 is 10.1 Å². The molecule has 2 aromatic rings. The maximum Gasteiger partial charge on any atom is 0.409 e. The number of rotatable bonds is 11. The standard InChI is InChI=1S/C29H38N6O9/c1-2-43-29(42)34-16-14-33(15-17-34)28(41)22(8-9-26(38)39)30-27(40)23-18-25(35(31-23)20-6-4-3-5-7-20)44-19-24(37)32-12-10-21(36)11-13-32/h3-7,18,21-22,36H,2,8-17,19H2,1H3,(H,30,40)(H,38,39). The van der Waals surface area contributed by atoms with Gasteiger partial charge in [0, 0.05) is 51.8 Å². The highest BCUT2D eigenvalue weighted by atomic mass is 16.6. The molecule has 15 nitrogen and oxygen atoms in total. The predicted molar refractivity (Wildman–Crippen MR) is 154 cm³/mol. The van der Waals surface area contributed by atoms with Crippen molar-refractivity contribution in [2.24, 2.45) is 0 Å². The van der Waals surface area contributed by atoms with Crippen molar-refractivity contribution >= 4 is 29.8 Å². The van der Waals surface area contributed by atoms with E-state index in [0.717, 1.165) is 0 Å². The molecule has 1 aromatic carbocycles. The Hall–Kier alpha value is -4.66. The molecule has 3 N–H and O–H groups in total. The van der Waals surface area contributed by atoms with Gasteiger partial charge in [0.25, 0.3) is 11.8 Å². The lowest BCUT2D eigenvalue weighted by molar-refractivity contribution is -0.138. The van der Waals surface area contributed by atoms with Crippen LogP contribution in [0.1, 0.15) is 43.1 Å². The molecule has 4 rings (SSSR count). The van der Waals surface area contributed by atoms with Gasteiger partial charge in [0.05, 0.1) is 18.4 Å². The van der Waals surface area contributed by atoms with E-state index in [9.17, 15) is 34.2 Å². The fourth-order valence-corrected chi connectivity index (χ4v) is 4.98. The summed E-state index contributed by atoms with van der Waals surface area (Å²) < 4.78 is 12.2. The minimum Gasteiger partial charge on any atom is -0.481 e. The summed E-state index contributed by atoms with van der Waals surface area (Å²) in [6.45, 7) is 3.32. The highest BCUT2D eigenvalue weighted by molar-refractivity contribution is 5.96. The van der Waals surface area contributed by atoms with Crippen molar-refractivity contribution in [1.29, 1.82) is 0 Å². The Morgan fingerprint density at radius 3 is 2.27 bits per heavy atom. The van der Waals surface area contributed by atoms with Gasteiger partial charge < -0.3 is 39.7 Å². The Morgan fingerprint density at radius 1 is 0.977 bits per heavy atom. The topological polar surface area (TPSA) is 184 Å². The number of likely N-dealkylation sites (tertiary alicyclic amines) is 1. The van der Waals surface area contributed by atoms with Crippen molar-refractivity contribution in [3.8, 4) is 11.6 Å². The lowest BCUT2D eigenvalue weighted by Gasteiger charge is -2.35. The van der Waals surface area contributed by atoms with Gasteiger partial charge in [-0.25, -0.2) is 9.48 Å². The van der Waals surface area contributed by atoms with Crippen molar-refractivity contribution in [1.82, 2.24) is 29.8 Å². The summed E-state index contributed by atoms with van der Waals surface area (Å²) in [5, 5.41) is 26.0. The van der Waals surface area contributed by atoms with E-state index < -0.39 is 36.0 Å². The molecule has 0 radical (unpaired) electrons. The molecule has 1 aromatic heterocycles. The van der Waals surface area contributed by atoms with Crippen LogP contribution in [0, 0.1) is 0 Å². The fourth-order valence-electron chi connectivity index (χ4n) is 4.98. The highest BCUT2D eigenvalue weighted by Crippen LogP contribution is 2.21. The maximum atomic E-state index is 13.4. The second-order valence-corrected chi connectivity index (χ2v) is 10.5. The first kappa shape index (κ1) is 32.3. The molecule has 0 aliphatic carbocycles. The molecule has 4 amide bonds. The molecule has 2 aliphatic rings. The van der Waals surface area contributed by atoms with E-state index in [1.54, 1.807) is 42.2 Å². The molecule has 238 valence electrons. The fraction of sp³-hybridized carbons (Fsp3) is 0.517. The number of hydrogen-bond donors (Lipinski definition) is 3. The van der Waals surface area contributed by atoms with Crippen LogP contribution in [0.25, 0.3) is 5.69 Å². The number of ether oxygens (including phenoxy) is 2. The van der Waals surface area contributed by atoms with Gasteiger partial charge in [-0.05, 0) is 38.3 Å². The summed E-state index contributed by atoms with van der Waals surface area (Å²) in [6, 6.07) is 9.03. The minimum atomic E-state index is -1.16. The van der Waals surface area contributed by atoms with Gasteiger partial charge in [-0.3, -0.25) is 19.2 Å². The number of nitrogens with zero attached hydrogens (tertiary/aromatic N) is 5. The second-order valence-electron chi connectivity index (χ2n) is 10.5.